The van der Waals surface area contributed by atoms with Crippen LogP contribution in [0.2, 0.25) is 0 Å². The number of nitrogens with one attached hydrogen (secondary N) is 1. The van der Waals surface area contributed by atoms with Gasteiger partial charge < -0.3 is 20.9 Å². The van der Waals surface area contributed by atoms with E-state index in [0.717, 1.165) is 10.0 Å². The van der Waals surface area contributed by atoms with Gasteiger partial charge in [0.2, 0.25) is 5.91 Å². The molecule has 0 bridgehead atoms. The van der Waals surface area contributed by atoms with Crippen LogP contribution in [0.1, 0.15) is 31.4 Å². The van der Waals surface area contributed by atoms with Gasteiger partial charge in [-0.2, -0.15) is 0 Å². The highest BCUT2D eigenvalue weighted by molar-refractivity contribution is 9.10. The molecule has 116 valence electrons. The Morgan fingerprint density at radius 1 is 1.48 bits per heavy atom. The molecular formula is C14H19BrN2O4. The molecule has 21 heavy (non-hydrogen) atoms. The lowest BCUT2D eigenvalue weighted by Gasteiger charge is -2.18. The lowest BCUT2D eigenvalue weighted by Crippen LogP contribution is -2.41. The van der Waals surface area contributed by atoms with Gasteiger partial charge in [0.05, 0.1) is 23.7 Å². The number of rotatable bonds is 7. The summed E-state index contributed by atoms with van der Waals surface area (Å²) >= 11 is 3.38. The molecule has 0 aromatic heterocycles. The van der Waals surface area contributed by atoms with Gasteiger partial charge in [-0.1, -0.05) is 6.07 Å². The Morgan fingerprint density at radius 3 is 2.67 bits per heavy atom. The van der Waals surface area contributed by atoms with E-state index in [1.54, 1.807) is 13.2 Å². The minimum atomic E-state index is -0.967. The number of carboxylic acids is 1. The van der Waals surface area contributed by atoms with Crippen LogP contribution in [0.4, 0.5) is 0 Å². The third kappa shape index (κ3) is 5.35. The van der Waals surface area contributed by atoms with E-state index in [1.807, 2.05) is 19.1 Å². The van der Waals surface area contributed by atoms with Crippen molar-refractivity contribution >= 4 is 27.8 Å². The van der Waals surface area contributed by atoms with Crippen molar-refractivity contribution in [3.63, 3.8) is 0 Å². The van der Waals surface area contributed by atoms with Crippen LogP contribution < -0.4 is 15.8 Å². The monoisotopic (exact) mass is 358 g/mol. The number of halogens is 1. The van der Waals surface area contributed by atoms with Crippen LogP contribution in [0.5, 0.6) is 5.75 Å². The molecule has 2 unspecified atom stereocenters. The molecule has 0 heterocycles. The lowest BCUT2D eigenvalue weighted by molar-refractivity contribution is -0.137. The predicted octanol–water partition coefficient (Wildman–Crippen LogP) is 1.83. The summed E-state index contributed by atoms with van der Waals surface area (Å²) < 4.78 is 5.93. The summed E-state index contributed by atoms with van der Waals surface area (Å²) in [6, 6.07) is 4.43. The van der Waals surface area contributed by atoms with Gasteiger partial charge in [-0.15, -0.1) is 0 Å². The predicted molar refractivity (Wildman–Crippen MR) is 82.1 cm³/mol. The molecule has 0 aliphatic heterocycles. The number of aliphatic carboxylic acids is 1. The number of carboxylic acid groups (broad SMARTS) is 1. The molecule has 0 radical (unpaired) electrons. The normalized spacial score (nSPS) is 13.3. The number of ether oxygens (including phenoxy) is 1. The quantitative estimate of drug-likeness (QED) is 0.689. The van der Waals surface area contributed by atoms with E-state index in [-0.39, 0.29) is 24.8 Å². The number of methoxy groups -OCH3 is 1. The standard InChI is InChI=1S/C14H19BrN2O4/c1-8(9-3-5-12(21-2)10(15)7-9)17-14(20)11(16)4-6-13(18)19/h3,5,7-8,11H,4,6,16H2,1-2H3,(H,17,20)(H,18,19). The van der Waals surface area contributed by atoms with Crippen LogP contribution >= 0.6 is 15.9 Å². The summed E-state index contributed by atoms with van der Waals surface area (Å²) in [7, 11) is 1.58. The van der Waals surface area contributed by atoms with Crippen molar-refractivity contribution in [2.45, 2.75) is 31.8 Å². The average Bonchev–Trinajstić information content (AvgIpc) is 2.44. The van der Waals surface area contributed by atoms with Crippen LogP contribution in [-0.2, 0) is 9.59 Å². The Morgan fingerprint density at radius 2 is 2.14 bits per heavy atom. The Labute approximate surface area is 131 Å². The maximum Gasteiger partial charge on any atom is 0.303 e. The first-order valence-electron chi connectivity index (χ1n) is 6.46. The molecule has 7 heteroatoms. The topological polar surface area (TPSA) is 102 Å². The number of benzene rings is 1. The maximum absolute atomic E-state index is 11.9. The SMILES string of the molecule is COc1ccc(C(C)NC(=O)C(N)CCC(=O)O)cc1Br. The Hall–Kier alpha value is -1.60. The van der Waals surface area contributed by atoms with E-state index < -0.39 is 12.0 Å². The third-order valence-electron chi connectivity index (χ3n) is 3.04. The molecule has 4 N–H and O–H groups in total. The number of carbonyl (C=O) groups is 2. The van der Waals surface area contributed by atoms with E-state index in [4.69, 9.17) is 15.6 Å². The van der Waals surface area contributed by atoms with Crippen molar-refractivity contribution in [2.75, 3.05) is 7.11 Å². The van der Waals surface area contributed by atoms with E-state index >= 15 is 0 Å². The van der Waals surface area contributed by atoms with Gasteiger partial charge >= 0.3 is 5.97 Å². The summed E-state index contributed by atoms with van der Waals surface area (Å²) in [4.78, 5) is 22.3. The summed E-state index contributed by atoms with van der Waals surface area (Å²) in [5.74, 6) is -0.628. The molecule has 0 saturated heterocycles. The second-order valence-corrected chi connectivity index (χ2v) is 5.52. The first-order valence-corrected chi connectivity index (χ1v) is 7.25. The zero-order valence-electron chi connectivity index (χ0n) is 11.9. The highest BCUT2D eigenvalue weighted by Gasteiger charge is 2.18. The molecule has 0 aliphatic rings. The molecule has 0 fully saturated rings. The number of nitrogens with two attached hydrogens (primary N) is 1. The van der Waals surface area contributed by atoms with Gasteiger partial charge in [0.15, 0.2) is 0 Å². The van der Waals surface area contributed by atoms with Crippen molar-refractivity contribution in [3.8, 4) is 5.75 Å². The summed E-state index contributed by atoms with van der Waals surface area (Å²) in [6.07, 6.45) is -0.0166. The zero-order chi connectivity index (χ0) is 16.0. The molecule has 6 nitrogen and oxygen atoms in total. The molecule has 0 aliphatic carbocycles. The molecule has 1 rings (SSSR count). The van der Waals surface area contributed by atoms with E-state index in [2.05, 4.69) is 21.2 Å². The van der Waals surface area contributed by atoms with Gasteiger partial charge in [0.25, 0.3) is 0 Å². The van der Waals surface area contributed by atoms with Gasteiger partial charge in [-0.3, -0.25) is 9.59 Å². The summed E-state index contributed by atoms with van der Waals surface area (Å²) in [5.41, 5.74) is 6.55. The van der Waals surface area contributed by atoms with Crippen LogP contribution in [0.3, 0.4) is 0 Å². The van der Waals surface area contributed by atoms with Crippen LogP contribution in [0, 0.1) is 0 Å². The fourth-order valence-electron chi connectivity index (χ4n) is 1.77. The van der Waals surface area contributed by atoms with Gasteiger partial charge in [0.1, 0.15) is 5.75 Å². The maximum atomic E-state index is 11.9. The minimum absolute atomic E-state index is 0.111. The third-order valence-corrected chi connectivity index (χ3v) is 3.66. The molecule has 0 spiro atoms. The smallest absolute Gasteiger partial charge is 0.303 e. The number of hydrogen-bond acceptors (Lipinski definition) is 4. The van der Waals surface area contributed by atoms with Gasteiger partial charge in [-0.25, -0.2) is 0 Å². The Balaban J connectivity index is 2.63. The molecule has 1 amide bonds. The first-order chi connectivity index (χ1) is 9.85. The highest BCUT2D eigenvalue weighted by atomic mass is 79.9. The number of carbonyl (C=O) groups excluding carboxylic acids is 1. The number of hydrogen-bond donors (Lipinski definition) is 3. The van der Waals surface area contributed by atoms with E-state index in [0.29, 0.717) is 5.75 Å². The van der Waals surface area contributed by atoms with E-state index in [1.165, 1.54) is 0 Å². The molecule has 1 aromatic rings. The van der Waals surface area contributed by atoms with Gasteiger partial charge in [-0.05, 0) is 47.0 Å². The zero-order valence-corrected chi connectivity index (χ0v) is 13.5. The van der Waals surface area contributed by atoms with Crippen LogP contribution in [-0.4, -0.2) is 30.1 Å². The lowest BCUT2D eigenvalue weighted by atomic mass is 10.1. The van der Waals surface area contributed by atoms with Crippen molar-refractivity contribution in [1.82, 2.24) is 5.32 Å². The second-order valence-electron chi connectivity index (χ2n) is 4.66. The van der Waals surface area contributed by atoms with Gasteiger partial charge in [0, 0.05) is 6.42 Å². The summed E-state index contributed by atoms with van der Waals surface area (Å²) in [6.45, 7) is 1.83. The minimum Gasteiger partial charge on any atom is -0.496 e. The van der Waals surface area contributed by atoms with Crippen molar-refractivity contribution in [2.24, 2.45) is 5.73 Å². The van der Waals surface area contributed by atoms with Crippen molar-refractivity contribution in [3.05, 3.63) is 28.2 Å². The van der Waals surface area contributed by atoms with E-state index in [9.17, 15) is 9.59 Å². The molecular weight excluding hydrogens is 340 g/mol. The molecule has 0 saturated carbocycles. The average molecular weight is 359 g/mol. The first kappa shape index (κ1) is 17.5. The fraction of sp³-hybridized carbons (Fsp3) is 0.429. The van der Waals surface area contributed by atoms with Crippen molar-refractivity contribution < 1.29 is 19.4 Å². The summed E-state index contributed by atoms with van der Waals surface area (Å²) in [5, 5.41) is 11.3. The Bertz CT molecular complexity index is 522. The van der Waals surface area contributed by atoms with Crippen LogP contribution in [0.15, 0.2) is 22.7 Å². The van der Waals surface area contributed by atoms with Crippen LogP contribution in [0.25, 0.3) is 0 Å². The largest absolute Gasteiger partial charge is 0.496 e. The fourth-order valence-corrected chi connectivity index (χ4v) is 2.32. The number of amides is 1. The Kier molecular flexibility index (Phi) is 6.64. The molecule has 1 aromatic carbocycles. The second kappa shape index (κ2) is 7.99. The van der Waals surface area contributed by atoms with Crippen molar-refractivity contribution in [1.29, 1.82) is 0 Å². The highest BCUT2D eigenvalue weighted by Crippen LogP contribution is 2.27. The molecule has 2 atom stereocenters.